The summed E-state index contributed by atoms with van der Waals surface area (Å²) in [7, 11) is 0. The van der Waals surface area contributed by atoms with Crippen molar-refractivity contribution in [1.82, 2.24) is 5.32 Å². The minimum Gasteiger partial charge on any atom is -0.459 e. The average molecular weight is 271 g/mol. The van der Waals surface area contributed by atoms with Crippen LogP contribution in [0.3, 0.4) is 0 Å². The van der Waals surface area contributed by atoms with Gasteiger partial charge in [-0.1, -0.05) is 24.3 Å². The van der Waals surface area contributed by atoms with Gasteiger partial charge in [-0.25, -0.2) is 0 Å². The Balaban J connectivity index is 1.78. The summed E-state index contributed by atoms with van der Waals surface area (Å²) >= 11 is 1.78. The van der Waals surface area contributed by atoms with E-state index in [1.54, 1.807) is 11.3 Å². The van der Waals surface area contributed by atoms with Gasteiger partial charge in [0.2, 0.25) is 0 Å². The Hall–Kier alpha value is -1.58. The lowest BCUT2D eigenvalue weighted by Gasteiger charge is -2.17. The highest BCUT2D eigenvalue weighted by atomic mass is 32.1. The third-order valence-electron chi connectivity index (χ3n) is 3.34. The Kier molecular flexibility index (Phi) is 3.40. The first-order valence-corrected chi connectivity index (χ1v) is 7.40. The fourth-order valence-electron chi connectivity index (χ4n) is 2.29. The van der Waals surface area contributed by atoms with Crippen LogP contribution < -0.4 is 5.32 Å². The van der Waals surface area contributed by atoms with Crippen LogP contribution >= 0.6 is 11.3 Å². The molecule has 0 amide bonds. The van der Waals surface area contributed by atoms with Gasteiger partial charge in [0.25, 0.3) is 0 Å². The maximum absolute atomic E-state index is 5.89. The second-order valence-corrected chi connectivity index (χ2v) is 5.79. The van der Waals surface area contributed by atoms with E-state index in [0.717, 1.165) is 16.7 Å². The van der Waals surface area contributed by atoms with Crippen molar-refractivity contribution in [3.05, 3.63) is 58.5 Å². The highest BCUT2D eigenvalue weighted by molar-refractivity contribution is 7.10. The molecule has 2 aromatic heterocycles. The Labute approximate surface area is 117 Å². The van der Waals surface area contributed by atoms with Gasteiger partial charge in [0, 0.05) is 16.3 Å². The van der Waals surface area contributed by atoms with Gasteiger partial charge in [0.1, 0.15) is 11.3 Å². The highest BCUT2D eigenvalue weighted by Gasteiger charge is 2.15. The fraction of sp³-hybridized carbons (Fsp3) is 0.250. The predicted octanol–water partition coefficient (Wildman–Crippen LogP) is 4.91. The molecule has 2 nitrogen and oxygen atoms in total. The van der Waals surface area contributed by atoms with Gasteiger partial charge in [-0.2, -0.15) is 0 Å². The molecule has 1 N–H and O–H groups in total. The van der Waals surface area contributed by atoms with E-state index in [0.29, 0.717) is 6.04 Å². The lowest BCUT2D eigenvalue weighted by atomic mass is 10.2. The molecule has 1 aromatic carbocycles. The van der Waals surface area contributed by atoms with Crippen molar-refractivity contribution >= 4 is 22.3 Å². The molecular formula is C16H17NOS. The Morgan fingerprint density at radius 3 is 2.63 bits per heavy atom. The fourth-order valence-corrected chi connectivity index (χ4v) is 3.04. The monoisotopic (exact) mass is 271 g/mol. The third kappa shape index (κ3) is 2.57. The first kappa shape index (κ1) is 12.5. The summed E-state index contributed by atoms with van der Waals surface area (Å²) in [6.45, 7) is 4.33. The Morgan fingerprint density at radius 2 is 1.89 bits per heavy atom. The molecule has 1 unspecified atom stereocenters. The summed E-state index contributed by atoms with van der Waals surface area (Å²) in [4.78, 5) is 1.35. The van der Waals surface area contributed by atoms with Crippen LogP contribution in [0.5, 0.6) is 0 Å². The Morgan fingerprint density at radius 1 is 1.05 bits per heavy atom. The standard InChI is InChI=1S/C16H17NOS/c1-11(17-12(2)16-8-5-9-19-16)15-10-13-6-3-4-7-14(13)18-15/h3-12,17H,1-2H3/t11?,12-/m0/s1. The van der Waals surface area contributed by atoms with E-state index in [1.807, 2.05) is 18.2 Å². The van der Waals surface area contributed by atoms with Crippen molar-refractivity contribution < 1.29 is 4.42 Å². The summed E-state index contributed by atoms with van der Waals surface area (Å²) in [5.41, 5.74) is 0.954. The largest absolute Gasteiger partial charge is 0.459 e. The minimum atomic E-state index is 0.199. The molecule has 0 aliphatic heterocycles. The van der Waals surface area contributed by atoms with Crippen molar-refractivity contribution in [3.63, 3.8) is 0 Å². The molecule has 3 rings (SSSR count). The van der Waals surface area contributed by atoms with Crippen molar-refractivity contribution in [2.24, 2.45) is 0 Å². The molecule has 0 bridgehead atoms. The van der Waals surface area contributed by atoms with Crippen molar-refractivity contribution in [2.75, 3.05) is 0 Å². The van der Waals surface area contributed by atoms with Crippen LogP contribution in [0.4, 0.5) is 0 Å². The second-order valence-electron chi connectivity index (χ2n) is 4.81. The van der Waals surface area contributed by atoms with Crippen LogP contribution in [0.25, 0.3) is 11.0 Å². The number of hydrogen-bond acceptors (Lipinski definition) is 3. The van der Waals surface area contributed by atoms with Crippen LogP contribution in [0, 0.1) is 0 Å². The number of nitrogens with one attached hydrogen (secondary N) is 1. The van der Waals surface area contributed by atoms with Crippen LogP contribution in [-0.4, -0.2) is 0 Å². The topological polar surface area (TPSA) is 25.2 Å². The average Bonchev–Trinajstić information content (AvgIpc) is 3.07. The van der Waals surface area contributed by atoms with E-state index >= 15 is 0 Å². The van der Waals surface area contributed by atoms with Gasteiger partial charge in [0.15, 0.2) is 0 Å². The van der Waals surface area contributed by atoms with Gasteiger partial charge in [-0.3, -0.25) is 0 Å². The number of thiophene rings is 1. The summed E-state index contributed by atoms with van der Waals surface area (Å²) < 4.78 is 5.89. The van der Waals surface area contributed by atoms with Crippen LogP contribution in [0.1, 0.15) is 36.6 Å². The summed E-state index contributed by atoms with van der Waals surface area (Å²) in [6.07, 6.45) is 0. The molecule has 0 spiro atoms. The molecule has 0 saturated carbocycles. The molecule has 2 heterocycles. The molecule has 3 heteroatoms. The number of fused-ring (bicyclic) bond motifs is 1. The molecule has 0 aliphatic carbocycles. The summed E-state index contributed by atoms with van der Waals surface area (Å²) in [5.74, 6) is 0.990. The SMILES string of the molecule is CC(N[C@@H](C)c1cccs1)c1cc2ccccc2o1. The zero-order valence-electron chi connectivity index (χ0n) is 11.1. The molecule has 98 valence electrons. The molecule has 0 aliphatic rings. The van der Waals surface area contributed by atoms with Crippen LogP contribution in [-0.2, 0) is 0 Å². The van der Waals surface area contributed by atoms with Gasteiger partial charge >= 0.3 is 0 Å². The third-order valence-corrected chi connectivity index (χ3v) is 4.40. The van der Waals surface area contributed by atoms with E-state index in [2.05, 4.69) is 48.8 Å². The zero-order chi connectivity index (χ0) is 13.2. The molecule has 2 atom stereocenters. The number of benzene rings is 1. The second kappa shape index (κ2) is 5.19. The minimum absolute atomic E-state index is 0.199. The molecule has 0 fully saturated rings. The number of rotatable bonds is 4. The Bertz CT molecular complexity index is 623. The zero-order valence-corrected chi connectivity index (χ0v) is 11.9. The highest BCUT2D eigenvalue weighted by Crippen LogP contribution is 2.26. The van der Waals surface area contributed by atoms with Crippen molar-refractivity contribution in [3.8, 4) is 0 Å². The first-order chi connectivity index (χ1) is 9.24. The van der Waals surface area contributed by atoms with E-state index < -0.39 is 0 Å². The molecular weight excluding hydrogens is 254 g/mol. The van der Waals surface area contributed by atoms with Gasteiger partial charge in [-0.05, 0) is 37.4 Å². The first-order valence-electron chi connectivity index (χ1n) is 6.52. The van der Waals surface area contributed by atoms with Gasteiger partial charge in [-0.15, -0.1) is 11.3 Å². The molecule has 0 saturated heterocycles. The normalized spacial score (nSPS) is 14.6. The van der Waals surface area contributed by atoms with E-state index in [9.17, 15) is 0 Å². The predicted molar refractivity (Wildman–Crippen MR) is 80.5 cm³/mol. The number of hydrogen-bond donors (Lipinski definition) is 1. The van der Waals surface area contributed by atoms with E-state index in [1.165, 1.54) is 4.88 Å². The number of furan rings is 1. The van der Waals surface area contributed by atoms with E-state index in [-0.39, 0.29) is 6.04 Å². The van der Waals surface area contributed by atoms with Gasteiger partial charge < -0.3 is 9.73 Å². The smallest absolute Gasteiger partial charge is 0.134 e. The lowest BCUT2D eigenvalue weighted by Crippen LogP contribution is -2.21. The van der Waals surface area contributed by atoms with Crippen LogP contribution in [0.15, 0.2) is 52.3 Å². The van der Waals surface area contributed by atoms with Crippen LogP contribution in [0.2, 0.25) is 0 Å². The molecule has 3 aromatic rings. The number of para-hydroxylation sites is 1. The maximum Gasteiger partial charge on any atom is 0.134 e. The van der Waals surface area contributed by atoms with Crippen molar-refractivity contribution in [2.45, 2.75) is 25.9 Å². The van der Waals surface area contributed by atoms with Gasteiger partial charge in [0.05, 0.1) is 6.04 Å². The quantitative estimate of drug-likeness (QED) is 0.729. The summed E-state index contributed by atoms with van der Waals surface area (Å²) in [5, 5.41) is 6.85. The molecule has 0 radical (unpaired) electrons. The maximum atomic E-state index is 5.89. The van der Waals surface area contributed by atoms with Crippen molar-refractivity contribution in [1.29, 1.82) is 0 Å². The lowest BCUT2D eigenvalue weighted by molar-refractivity contribution is 0.420. The summed E-state index contributed by atoms with van der Waals surface area (Å²) in [6, 6.07) is 15.0. The molecule has 19 heavy (non-hydrogen) atoms. The van der Waals surface area contributed by atoms with E-state index in [4.69, 9.17) is 4.42 Å².